The van der Waals surface area contributed by atoms with Gasteiger partial charge in [-0.2, -0.15) is 12.6 Å². The number of rotatable bonds is 2. The lowest BCUT2D eigenvalue weighted by Crippen LogP contribution is -2.10. The van der Waals surface area contributed by atoms with Crippen LogP contribution in [0.2, 0.25) is 0 Å². The van der Waals surface area contributed by atoms with E-state index in [1.165, 1.54) is 10.7 Å². The van der Waals surface area contributed by atoms with Crippen LogP contribution in [0.3, 0.4) is 0 Å². The summed E-state index contributed by atoms with van der Waals surface area (Å²) in [5, 5.41) is 3.36. The molecule has 0 radical (unpaired) electrons. The van der Waals surface area contributed by atoms with Crippen molar-refractivity contribution < 1.29 is 0 Å². The Morgan fingerprint density at radius 2 is 2.17 bits per heavy atom. The number of aromatic nitrogens is 1. The number of aryl methyl sites for hydroxylation is 1. The summed E-state index contributed by atoms with van der Waals surface area (Å²) in [6.07, 6.45) is 0.982. The van der Waals surface area contributed by atoms with Crippen molar-refractivity contribution >= 4 is 24.0 Å². The minimum Gasteiger partial charge on any atom is -0.246 e. The minimum absolute atomic E-state index is 0.194. The maximum Gasteiger partial charge on any atom is 0.0981 e. The van der Waals surface area contributed by atoms with Crippen LogP contribution < -0.4 is 0 Å². The molecule has 0 aliphatic heterocycles. The van der Waals surface area contributed by atoms with E-state index in [9.17, 15) is 0 Å². The smallest absolute Gasteiger partial charge is 0.0981 e. The Labute approximate surface area is 83.6 Å². The van der Waals surface area contributed by atoms with Crippen LogP contribution in [-0.2, 0) is 11.8 Å². The van der Waals surface area contributed by atoms with Gasteiger partial charge in [0.2, 0.25) is 0 Å². The molecule has 0 aromatic carbocycles. The highest BCUT2D eigenvalue weighted by atomic mass is 32.1. The van der Waals surface area contributed by atoms with Gasteiger partial charge in [0.05, 0.1) is 10.7 Å². The van der Waals surface area contributed by atoms with Crippen LogP contribution in [0.25, 0.3) is 0 Å². The van der Waals surface area contributed by atoms with E-state index < -0.39 is 0 Å². The monoisotopic (exact) mass is 201 g/mol. The molecule has 12 heavy (non-hydrogen) atoms. The molecule has 0 N–H and O–H groups in total. The third-order valence-electron chi connectivity index (χ3n) is 1.56. The van der Waals surface area contributed by atoms with Gasteiger partial charge in [0.15, 0.2) is 0 Å². The third kappa shape index (κ3) is 2.49. The fourth-order valence-electron chi connectivity index (χ4n) is 0.881. The lowest BCUT2D eigenvalue weighted by molar-refractivity contribution is 0.583. The van der Waals surface area contributed by atoms with E-state index in [0.717, 1.165) is 12.2 Å². The molecule has 0 aliphatic rings. The van der Waals surface area contributed by atoms with Crippen LogP contribution in [0.15, 0.2) is 5.38 Å². The molecular weight excluding hydrogens is 186 g/mol. The second kappa shape index (κ2) is 3.79. The predicted molar refractivity (Wildman–Crippen MR) is 58.4 cm³/mol. The average Bonchev–Trinajstić information content (AvgIpc) is 2.35. The topological polar surface area (TPSA) is 12.9 Å². The Bertz CT molecular complexity index is 247. The van der Waals surface area contributed by atoms with E-state index in [-0.39, 0.29) is 5.41 Å². The number of thiazole rings is 1. The Kier molecular flexibility index (Phi) is 3.18. The van der Waals surface area contributed by atoms with Crippen LogP contribution in [0.4, 0.5) is 0 Å². The molecule has 0 fully saturated rings. The first-order valence-electron chi connectivity index (χ1n) is 4.10. The Balaban J connectivity index is 2.77. The summed E-state index contributed by atoms with van der Waals surface area (Å²) in [7, 11) is 0. The highest BCUT2D eigenvalue weighted by Crippen LogP contribution is 2.25. The van der Waals surface area contributed by atoms with Crippen molar-refractivity contribution in [3.8, 4) is 0 Å². The van der Waals surface area contributed by atoms with Crippen molar-refractivity contribution in [2.24, 2.45) is 0 Å². The third-order valence-corrected chi connectivity index (χ3v) is 3.10. The summed E-state index contributed by atoms with van der Waals surface area (Å²) in [6.45, 7) is 6.57. The Morgan fingerprint density at radius 1 is 1.50 bits per heavy atom. The maximum atomic E-state index is 4.54. The zero-order valence-electron chi connectivity index (χ0n) is 7.79. The second-order valence-electron chi connectivity index (χ2n) is 3.87. The Hall–Kier alpha value is -0.0200. The summed E-state index contributed by atoms with van der Waals surface area (Å²) in [5.41, 5.74) is 1.37. The molecule has 0 aliphatic carbocycles. The van der Waals surface area contributed by atoms with Crippen molar-refractivity contribution in [3.05, 3.63) is 16.1 Å². The summed E-state index contributed by atoms with van der Waals surface area (Å²) < 4.78 is 0. The van der Waals surface area contributed by atoms with Gasteiger partial charge in [-0.15, -0.1) is 11.3 Å². The van der Waals surface area contributed by atoms with Gasteiger partial charge < -0.3 is 0 Å². The molecule has 0 atom stereocenters. The standard InChI is InChI=1S/C9H15NS2/c1-9(2,3)8-10-7(4-5-11)6-12-8/h6,11H,4-5H2,1-3H3. The van der Waals surface area contributed by atoms with Gasteiger partial charge in [0, 0.05) is 10.8 Å². The molecule has 0 amide bonds. The van der Waals surface area contributed by atoms with Crippen LogP contribution in [-0.4, -0.2) is 10.7 Å². The average molecular weight is 201 g/mol. The number of hydrogen-bond donors (Lipinski definition) is 1. The van der Waals surface area contributed by atoms with Crippen molar-refractivity contribution in [2.45, 2.75) is 32.6 Å². The minimum atomic E-state index is 0.194. The summed E-state index contributed by atoms with van der Waals surface area (Å²) >= 11 is 5.93. The predicted octanol–water partition coefficient (Wildman–Crippen LogP) is 2.91. The fourth-order valence-corrected chi connectivity index (χ4v) is 2.05. The molecular formula is C9H15NS2. The first kappa shape index (κ1) is 10.1. The van der Waals surface area contributed by atoms with E-state index >= 15 is 0 Å². The van der Waals surface area contributed by atoms with Crippen LogP contribution >= 0.6 is 24.0 Å². The highest BCUT2D eigenvalue weighted by Gasteiger charge is 2.17. The van der Waals surface area contributed by atoms with Crippen molar-refractivity contribution in [1.82, 2.24) is 4.98 Å². The van der Waals surface area contributed by atoms with Crippen molar-refractivity contribution in [3.63, 3.8) is 0 Å². The molecule has 1 heterocycles. The van der Waals surface area contributed by atoms with Crippen LogP contribution in [0.1, 0.15) is 31.5 Å². The van der Waals surface area contributed by atoms with E-state index in [1.807, 2.05) is 0 Å². The van der Waals surface area contributed by atoms with Crippen LogP contribution in [0, 0.1) is 0 Å². The van der Waals surface area contributed by atoms with Gasteiger partial charge in [-0.25, -0.2) is 4.98 Å². The zero-order valence-corrected chi connectivity index (χ0v) is 9.51. The normalized spacial score (nSPS) is 12.0. The van der Waals surface area contributed by atoms with E-state index in [1.54, 1.807) is 11.3 Å². The van der Waals surface area contributed by atoms with Gasteiger partial charge in [0.25, 0.3) is 0 Å². The molecule has 1 aromatic heterocycles. The largest absolute Gasteiger partial charge is 0.246 e. The highest BCUT2D eigenvalue weighted by molar-refractivity contribution is 7.80. The van der Waals surface area contributed by atoms with Gasteiger partial charge >= 0.3 is 0 Å². The van der Waals surface area contributed by atoms with E-state index in [2.05, 4.69) is 43.8 Å². The lowest BCUT2D eigenvalue weighted by atomic mass is 9.98. The van der Waals surface area contributed by atoms with Gasteiger partial charge in [0.1, 0.15) is 0 Å². The van der Waals surface area contributed by atoms with Gasteiger partial charge in [-0.1, -0.05) is 20.8 Å². The van der Waals surface area contributed by atoms with Crippen molar-refractivity contribution in [1.29, 1.82) is 0 Å². The SMILES string of the molecule is CC(C)(C)c1nc(CCS)cs1. The fraction of sp³-hybridized carbons (Fsp3) is 0.667. The molecule has 1 rings (SSSR count). The lowest BCUT2D eigenvalue weighted by Gasteiger charge is -2.13. The van der Waals surface area contributed by atoms with E-state index in [4.69, 9.17) is 0 Å². The second-order valence-corrected chi connectivity index (χ2v) is 5.17. The van der Waals surface area contributed by atoms with Gasteiger partial charge in [-0.05, 0) is 12.2 Å². The number of nitrogens with zero attached hydrogens (tertiary/aromatic N) is 1. The number of hydrogen-bond acceptors (Lipinski definition) is 3. The Morgan fingerprint density at radius 3 is 2.58 bits per heavy atom. The molecule has 0 spiro atoms. The number of thiol groups is 1. The summed E-state index contributed by atoms with van der Waals surface area (Å²) in [6, 6.07) is 0. The van der Waals surface area contributed by atoms with Gasteiger partial charge in [-0.3, -0.25) is 0 Å². The first-order valence-corrected chi connectivity index (χ1v) is 5.61. The molecule has 0 saturated heterocycles. The summed E-state index contributed by atoms with van der Waals surface area (Å²) in [5.74, 6) is 0.882. The maximum absolute atomic E-state index is 4.54. The zero-order chi connectivity index (χ0) is 9.19. The molecule has 0 bridgehead atoms. The molecule has 68 valence electrons. The van der Waals surface area contributed by atoms with Crippen LogP contribution in [0.5, 0.6) is 0 Å². The molecule has 1 aromatic rings. The van der Waals surface area contributed by atoms with E-state index in [0.29, 0.717) is 0 Å². The molecule has 0 saturated carbocycles. The molecule has 0 unspecified atom stereocenters. The quantitative estimate of drug-likeness (QED) is 0.726. The summed E-state index contributed by atoms with van der Waals surface area (Å²) in [4.78, 5) is 4.54. The first-order chi connectivity index (χ1) is 5.54. The molecule has 3 heteroatoms. The van der Waals surface area contributed by atoms with Crippen molar-refractivity contribution in [2.75, 3.05) is 5.75 Å². The molecule has 1 nitrogen and oxygen atoms in total.